The van der Waals surface area contributed by atoms with Crippen molar-refractivity contribution >= 4 is 22.8 Å². The number of carboxylic acids is 2. The topological polar surface area (TPSA) is 112 Å². The minimum atomic E-state index is -1.82. The highest BCUT2D eigenvalue weighted by Crippen LogP contribution is 2.25. The molecule has 0 saturated carbocycles. The lowest BCUT2D eigenvalue weighted by molar-refractivity contribution is -0.159. The summed E-state index contributed by atoms with van der Waals surface area (Å²) in [4.78, 5) is 20.5. The molecule has 1 atom stereocenters. The fourth-order valence-corrected chi connectivity index (χ4v) is 3.19. The van der Waals surface area contributed by atoms with Gasteiger partial charge >= 0.3 is 11.9 Å². The molecule has 148 valence electrons. The van der Waals surface area contributed by atoms with Crippen molar-refractivity contribution in [3.8, 4) is 0 Å². The lowest BCUT2D eigenvalue weighted by atomic mass is 10.2. The summed E-state index contributed by atoms with van der Waals surface area (Å²) in [5.41, 5.74) is 3.77. The Bertz CT molecular complexity index is 783. The van der Waals surface area contributed by atoms with Gasteiger partial charge in [0, 0.05) is 36.2 Å². The SMILES string of the molecule is Cc1c(C)n(CC(O)CN2CCOCC2)c2ccccc12.O=C(O)C(=O)O. The summed E-state index contributed by atoms with van der Waals surface area (Å²) >= 11 is 0. The standard InChI is InChI=1S/C17H24N2O2.C2H2O4/c1-13-14(2)19(17-6-4-3-5-16(13)17)12-15(20)11-18-7-9-21-10-8-18;3-1(4)2(5)6/h3-6,15,20H,7-12H2,1-2H3;(H,3,4)(H,5,6). The van der Waals surface area contributed by atoms with Crippen molar-refractivity contribution in [2.45, 2.75) is 26.5 Å². The maximum Gasteiger partial charge on any atom is 0.414 e. The number of fused-ring (bicyclic) bond motifs is 1. The normalized spacial score (nSPS) is 15.8. The molecule has 1 aromatic heterocycles. The minimum Gasteiger partial charge on any atom is -0.473 e. The number of para-hydroxylation sites is 1. The van der Waals surface area contributed by atoms with Crippen LogP contribution in [0.2, 0.25) is 0 Å². The van der Waals surface area contributed by atoms with Crippen molar-refractivity contribution in [3.05, 3.63) is 35.5 Å². The molecule has 0 aliphatic carbocycles. The van der Waals surface area contributed by atoms with Crippen LogP contribution in [-0.2, 0) is 20.9 Å². The molecule has 0 radical (unpaired) electrons. The van der Waals surface area contributed by atoms with Gasteiger partial charge in [-0.1, -0.05) is 18.2 Å². The maximum absolute atomic E-state index is 10.4. The van der Waals surface area contributed by atoms with Crippen LogP contribution < -0.4 is 0 Å². The van der Waals surface area contributed by atoms with Crippen molar-refractivity contribution < 1.29 is 29.6 Å². The molecule has 2 heterocycles. The summed E-state index contributed by atoms with van der Waals surface area (Å²) in [7, 11) is 0. The summed E-state index contributed by atoms with van der Waals surface area (Å²) in [6.45, 7) is 9.04. The summed E-state index contributed by atoms with van der Waals surface area (Å²) < 4.78 is 7.60. The molecule has 8 heteroatoms. The quantitative estimate of drug-likeness (QED) is 0.683. The van der Waals surface area contributed by atoms with Crippen LogP contribution in [-0.4, -0.2) is 75.7 Å². The molecule has 0 amide bonds. The number of carboxylic acid groups (broad SMARTS) is 2. The van der Waals surface area contributed by atoms with Gasteiger partial charge in [-0.15, -0.1) is 0 Å². The van der Waals surface area contributed by atoms with Crippen molar-refractivity contribution in [2.75, 3.05) is 32.8 Å². The van der Waals surface area contributed by atoms with Crippen LogP contribution in [0.5, 0.6) is 0 Å². The van der Waals surface area contributed by atoms with E-state index in [0.29, 0.717) is 13.1 Å². The molecule has 1 fully saturated rings. The van der Waals surface area contributed by atoms with E-state index in [1.165, 1.54) is 22.2 Å². The number of benzene rings is 1. The highest BCUT2D eigenvalue weighted by Gasteiger charge is 2.17. The third-order valence-corrected chi connectivity index (χ3v) is 4.70. The summed E-state index contributed by atoms with van der Waals surface area (Å²) in [5, 5.41) is 26.5. The first-order valence-corrected chi connectivity index (χ1v) is 8.80. The minimum absolute atomic E-state index is 0.350. The number of hydrogen-bond acceptors (Lipinski definition) is 5. The van der Waals surface area contributed by atoms with Gasteiger partial charge in [-0.25, -0.2) is 9.59 Å². The van der Waals surface area contributed by atoms with Gasteiger partial charge in [0.15, 0.2) is 0 Å². The molecule has 0 spiro atoms. The lowest BCUT2D eigenvalue weighted by Gasteiger charge is -2.29. The second kappa shape index (κ2) is 9.50. The van der Waals surface area contributed by atoms with E-state index in [1.54, 1.807) is 0 Å². The predicted molar refractivity (Wildman–Crippen MR) is 99.9 cm³/mol. The number of morpholine rings is 1. The molecular formula is C19H26N2O6. The number of aliphatic carboxylic acids is 2. The lowest BCUT2D eigenvalue weighted by Crippen LogP contribution is -2.42. The van der Waals surface area contributed by atoms with E-state index < -0.39 is 11.9 Å². The molecular weight excluding hydrogens is 352 g/mol. The number of rotatable bonds is 4. The molecule has 2 aromatic rings. The van der Waals surface area contributed by atoms with E-state index in [1.807, 2.05) is 0 Å². The Hall–Kier alpha value is -2.42. The second-order valence-electron chi connectivity index (χ2n) is 6.52. The number of nitrogens with zero attached hydrogens (tertiary/aromatic N) is 2. The number of aryl methyl sites for hydroxylation is 1. The largest absolute Gasteiger partial charge is 0.473 e. The zero-order valence-corrected chi connectivity index (χ0v) is 15.6. The Morgan fingerprint density at radius 2 is 1.67 bits per heavy atom. The third kappa shape index (κ3) is 5.53. The van der Waals surface area contributed by atoms with Gasteiger partial charge in [-0.05, 0) is 25.5 Å². The summed E-state index contributed by atoms with van der Waals surface area (Å²) in [6.07, 6.45) is -0.350. The molecule has 1 unspecified atom stereocenters. The van der Waals surface area contributed by atoms with Gasteiger partial charge in [-0.2, -0.15) is 0 Å². The van der Waals surface area contributed by atoms with Crippen LogP contribution in [0.1, 0.15) is 11.3 Å². The van der Waals surface area contributed by atoms with E-state index in [4.69, 9.17) is 24.5 Å². The van der Waals surface area contributed by atoms with Gasteiger partial charge in [0.2, 0.25) is 0 Å². The highest BCUT2D eigenvalue weighted by atomic mass is 16.5. The van der Waals surface area contributed by atoms with Gasteiger partial charge in [-0.3, -0.25) is 4.90 Å². The molecule has 0 bridgehead atoms. The van der Waals surface area contributed by atoms with Crippen LogP contribution >= 0.6 is 0 Å². The Labute approximate surface area is 157 Å². The van der Waals surface area contributed by atoms with Crippen molar-refractivity contribution in [2.24, 2.45) is 0 Å². The van der Waals surface area contributed by atoms with Gasteiger partial charge in [0.1, 0.15) is 0 Å². The zero-order chi connectivity index (χ0) is 20.0. The first kappa shape index (κ1) is 20.9. The van der Waals surface area contributed by atoms with Gasteiger partial charge < -0.3 is 24.6 Å². The Morgan fingerprint density at radius 3 is 2.26 bits per heavy atom. The predicted octanol–water partition coefficient (Wildman–Crippen LogP) is 1.11. The Kier molecular flexibility index (Phi) is 7.35. The van der Waals surface area contributed by atoms with E-state index in [-0.39, 0.29) is 6.10 Å². The van der Waals surface area contributed by atoms with Gasteiger partial charge in [0.25, 0.3) is 0 Å². The number of hydrogen-bond donors (Lipinski definition) is 3. The van der Waals surface area contributed by atoms with Gasteiger partial charge in [0.05, 0.1) is 25.9 Å². The average Bonchev–Trinajstić information content (AvgIpc) is 2.88. The molecule has 3 rings (SSSR count). The van der Waals surface area contributed by atoms with Crippen LogP contribution in [0.25, 0.3) is 10.9 Å². The molecule has 8 nitrogen and oxygen atoms in total. The van der Waals surface area contributed by atoms with Crippen molar-refractivity contribution in [1.82, 2.24) is 9.47 Å². The first-order valence-electron chi connectivity index (χ1n) is 8.80. The van der Waals surface area contributed by atoms with Crippen molar-refractivity contribution in [1.29, 1.82) is 0 Å². The molecule has 27 heavy (non-hydrogen) atoms. The molecule has 1 saturated heterocycles. The monoisotopic (exact) mass is 378 g/mol. The zero-order valence-electron chi connectivity index (χ0n) is 15.6. The second-order valence-corrected chi connectivity index (χ2v) is 6.52. The fourth-order valence-electron chi connectivity index (χ4n) is 3.19. The molecule has 1 aromatic carbocycles. The Balaban J connectivity index is 0.000000380. The van der Waals surface area contributed by atoms with E-state index >= 15 is 0 Å². The smallest absolute Gasteiger partial charge is 0.414 e. The third-order valence-electron chi connectivity index (χ3n) is 4.70. The molecule has 1 aliphatic heterocycles. The summed E-state index contributed by atoms with van der Waals surface area (Å²) in [6, 6.07) is 8.43. The van der Waals surface area contributed by atoms with Crippen molar-refractivity contribution in [3.63, 3.8) is 0 Å². The Morgan fingerprint density at radius 1 is 1.07 bits per heavy atom. The van der Waals surface area contributed by atoms with Crippen LogP contribution in [0.3, 0.4) is 0 Å². The number of aliphatic hydroxyl groups is 1. The highest BCUT2D eigenvalue weighted by molar-refractivity contribution is 6.27. The van der Waals surface area contributed by atoms with E-state index in [9.17, 15) is 5.11 Å². The van der Waals surface area contributed by atoms with Crippen LogP contribution in [0.15, 0.2) is 24.3 Å². The molecule has 3 N–H and O–H groups in total. The number of carbonyl (C=O) groups is 2. The number of aliphatic hydroxyl groups excluding tert-OH is 1. The van der Waals surface area contributed by atoms with Crippen LogP contribution in [0, 0.1) is 13.8 Å². The first-order chi connectivity index (χ1) is 12.8. The number of aromatic nitrogens is 1. The van der Waals surface area contributed by atoms with E-state index in [0.717, 1.165) is 26.3 Å². The summed E-state index contributed by atoms with van der Waals surface area (Å²) in [5.74, 6) is -3.65. The average molecular weight is 378 g/mol. The van der Waals surface area contributed by atoms with Crippen LogP contribution in [0.4, 0.5) is 0 Å². The maximum atomic E-state index is 10.4. The number of ether oxygens (including phenoxy) is 1. The van der Waals surface area contributed by atoms with E-state index in [2.05, 4.69) is 47.6 Å². The fraction of sp³-hybridized carbons (Fsp3) is 0.474. The molecule has 1 aliphatic rings. The number of β-amino-alcohol motifs (C(OH)–C–C–N with tert-alkyl or cyclic N) is 1.